The molecule has 0 radical (unpaired) electrons. The Balaban J connectivity index is 0.000000803. The van der Waals surface area contributed by atoms with Gasteiger partial charge in [0.05, 0.1) is 16.6 Å². The summed E-state index contributed by atoms with van der Waals surface area (Å²) in [5.74, 6) is 0. The molecule has 0 amide bonds. The SMILES string of the molecule is CC.CCC.CSc1c(C(F)(F)F)ccc2c1c1cc(C(F)(F)F)ccc1n2C1CCCNCC1. The van der Waals surface area contributed by atoms with Crippen molar-refractivity contribution in [2.24, 2.45) is 0 Å². The molecule has 0 bridgehead atoms. The van der Waals surface area contributed by atoms with Gasteiger partial charge in [-0.3, -0.25) is 0 Å². The second kappa shape index (κ2) is 12.4. The van der Waals surface area contributed by atoms with Crippen LogP contribution in [0.25, 0.3) is 21.8 Å². The van der Waals surface area contributed by atoms with E-state index in [0.29, 0.717) is 11.0 Å². The third-order valence-corrected chi connectivity index (χ3v) is 6.50. The molecule has 196 valence electrons. The number of halogens is 6. The van der Waals surface area contributed by atoms with Crippen LogP contribution in [0.15, 0.2) is 35.2 Å². The lowest BCUT2D eigenvalue weighted by atomic mass is 10.1. The average molecular weight is 521 g/mol. The van der Waals surface area contributed by atoms with Crippen LogP contribution in [-0.4, -0.2) is 23.9 Å². The minimum atomic E-state index is -4.59. The number of alkyl halides is 6. The molecule has 35 heavy (non-hydrogen) atoms. The van der Waals surface area contributed by atoms with Gasteiger partial charge in [0.1, 0.15) is 0 Å². The molecule has 4 rings (SSSR count). The van der Waals surface area contributed by atoms with Crippen LogP contribution in [-0.2, 0) is 12.4 Å². The molecular formula is C26H34F6N2S. The molecule has 3 aromatic rings. The van der Waals surface area contributed by atoms with Crippen LogP contribution in [0, 0.1) is 0 Å². The Kier molecular flexibility index (Phi) is 10.4. The largest absolute Gasteiger partial charge is 0.417 e. The lowest BCUT2D eigenvalue weighted by Gasteiger charge is -2.20. The summed E-state index contributed by atoms with van der Waals surface area (Å²) in [7, 11) is 0. The van der Waals surface area contributed by atoms with Crippen molar-refractivity contribution < 1.29 is 26.3 Å². The molecule has 1 aromatic heterocycles. The van der Waals surface area contributed by atoms with Crippen molar-refractivity contribution >= 4 is 33.6 Å². The molecule has 1 aliphatic rings. The molecule has 2 nitrogen and oxygen atoms in total. The van der Waals surface area contributed by atoms with Crippen molar-refractivity contribution in [1.82, 2.24) is 9.88 Å². The second-order valence-electron chi connectivity index (χ2n) is 8.18. The number of thioether (sulfide) groups is 1. The molecule has 9 heteroatoms. The molecule has 1 atom stereocenters. The summed E-state index contributed by atoms with van der Waals surface area (Å²) in [6.45, 7) is 9.85. The van der Waals surface area contributed by atoms with Crippen molar-refractivity contribution in [3.05, 3.63) is 41.5 Å². The van der Waals surface area contributed by atoms with Crippen molar-refractivity contribution in [1.29, 1.82) is 0 Å². The Morgan fingerprint density at radius 2 is 1.54 bits per heavy atom. The highest BCUT2D eigenvalue weighted by molar-refractivity contribution is 7.98. The van der Waals surface area contributed by atoms with Crippen LogP contribution < -0.4 is 5.32 Å². The Morgan fingerprint density at radius 3 is 2.11 bits per heavy atom. The van der Waals surface area contributed by atoms with Crippen molar-refractivity contribution in [3.63, 3.8) is 0 Å². The summed E-state index contributed by atoms with van der Waals surface area (Å²) in [6.07, 6.45) is -3.93. The van der Waals surface area contributed by atoms with Crippen LogP contribution in [0.5, 0.6) is 0 Å². The highest BCUT2D eigenvalue weighted by Gasteiger charge is 2.36. The zero-order chi connectivity index (χ0) is 26.4. The lowest BCUT2D eigenvalue weighted by Crippen LogP contribution is -2.15. The molecule has 1 saturated heterocycles. The quantitative estimate of drug-likeness (QED) is 0.268. The normalized spacial score (nSPS) is 16.8. The smallest absolute Gasteiger partial charge is 0.337 e. The maximum absolute atomic E-state index is 13.6. The van der Waals surface area contributed by atoms with E-state index >= 15 is 0 Å². The van der Waals surface area contributed by atoms with Crippen LogP contribution in [0.1, 0.15) is 70.5 Å². The van der Waals surface area contributed by atoms with Crippen molar-refractivity contribution in [2.45, 2.75) is 76.7 Å². The molecule has 2 heterocycles. The first-order chi connectivity index (χ1) is 16.5. The number of hydrogen-bond donors (Lipinski definition) is 1. The monoisotopic (exact) mass is 520 g/mol. The Morgan fingerprint density at radius 1 is 0.914 bits per heavy atom. The van der Waals surface area contributed by atoms with Gasteiger partial charge in [-0.15, -0.1) is 11.8 Å². The number of benzene rings is 2. The summed E-state index contributed by atoms with van der Waals surface area (Å²) in [4.78, 5) is -0.0326. The lowest BCUT2D eigenvalue weighted by molar-refractivity contribution is -0.139. The first-order valence-electron chi connectivity index (χ1n) is 12.0. The van der Waals surface area contributed by atoms with E-state index in [2.05, 4.69) is 19.2 Å². The molecule has 0 aliphatic carbocycles. The van der Waals surface area contributed by atoms with Gasteiger partial charge in [-0.25, -0.2) is 0 Å². The molecule has 1 unspecified atom stereocenters. The fraction of sp³-hybridized carbons (Fsp3) is 0.538. The first kappa shape index (κ1) is 29.4. The predicted octanol–water partition coefficient (Wildman–Crippen LogP) is 9.31. The fourth-order valence-electron chi connectivity index (χ4n) is 4.37. The summed E-state index contributed by atoms with van der Waals surface area (Å²) in [5, 5.41) is 3.76. The Hall–Kier alpha value is -1.87. The zero-order valence-electron chi connectivity index (χ0n) is 20.8. The molecule has 1 fully saturated rings. The summed E-state index contributed by atoms with van der Waals surface area (Å²) in [5.41, 5.74) is -0.587. The van der Waals surface area contributed by atoms with Crippen LogP contribution >= 0.6 is 11.8 Å². The van der Waals surface area contributed by atoms with Gasteiger partial charge in [-0.2, -0.15) is 26.3 Å². The van der Waals surface area contributed by atoms with Gasteiger partial charge in [0.15, 0.2) is 0 Å². The number of rotatable bonds is 2. The molecule has 0 spiro atoms. The zero-order valence-corrected chi connectivity index (χ0v) is 21.6. The third kappa shape index (κ3) is 6.47. The molecule has 1 aliphatic heterocycles. The minimum absolute atomic E-state index is 0.00294. The number of hydrogen-bond acceptors (Lipinski definition) is 2. The molecule has 2 aromatic carbocycles. The number of fused-ring (bicyclic) bond motifs is 3. The second-order valence-corrected chi connectivity index (χ2v) is 9.00. The van der Waals surface area contributed by atoms with Crippen LogP contribution in [0.3, 0.4) is 0 Å². The molecule has 0 saturated carbocycles. The maximum Gasteiger partial charge on any atom is 0.417 e. The predicted molar refractivity (Wildman–Crippen MR) is 134 cm³/mol. The summed E-state index contributed by atoms with van der Waals surface area (Å²) < 4.78 is 83.0. The molecule has 1 N–H and O–H groups in total. The topological polar surface area (TPSA) is 17.0 Å². The molecular weight excluding hydrogens is 486 g/mol. The summed E-state index contributed by atoms with van der Waals surface area (Å²) >= 11 is 0.917. The number of nitrogens with one attached hydrogen (secondary N) is 1. The fourth-order valence-corrected chi connectivity index (χ4v) is 5.20. The van der Waals surface area contributed by atoms with Crippen LogP contribution in [0.4, 0.5) is 26.3 Å². The summed E-state index contributed by atoms with van der Waals surface area (Å²) in [6, 6.07) is 5.85. The van der Waals surface area contributed by atoms with E-state index in [9.17, 15) is 26.3 Å². The van der Waals surface area contributed by atoms with Gasteiger partial charge < -0.3 is 9.88 Å². The van der Waals surface area contributed by atoms with Crippen molar-refractivity contribution in [2.75, 3.05) is 19.3 Å². The minimum Gasteiger partial charge on any atom is -0.337 e. The van der Waals surface area contributed by atoms with E-state index in [1.165, 1.54) is 24.8 Å². The average Bonchev–Trinajstić information content (AvgIpc) is 2.94. The van der Waals surface area contributed by atoms with E-state index in [1.807, 2.05) is 18.4 Å². The number of aromatic nitrogens is 1. The highest BCUT2D eigenvalue weighted by Crippen LogP contribution is 2.46. The van der Waals surface area contributed by atoms with E-state index in [4.69, 9.17) is 0 Å². The number of nitrogens with zero attached hydrogens (tertiary/aromatic N) is 1. The Labute approximate surface area is 207 Å². The maximum atomic E-state index is 13.6. The van der Waals surface area contributed by atoms with Gasteiger partial charge >= 0.3 is 12.4 Å². The van der Waals surface area contributed by atoms with Gasteiger partial charge in [0.25, 0.3) is 0 Å². The van der Waals surface area contributed by atoms with E-state index < -0.39 is 23.5 Å². The van der Waals surface area contributed by atoms with E-state index in [0.717, 1.165) is 62.3 Å². The van der Waals surface area contributed by atoms with Gasteiger partial charge in [0.2, 0.25) is 0 Å². The highest BCUT2D eigenvalue weighted by atomic mass is 32.2. The van der Waals surface area contributed by atoms with Gasteiger partial charge in [-0.1, -0.05) is 34.1 Å². The third-order valence-electron chi connectivity index (χ3n) is 5.67. The van der Waals surface area contributed by atoms with Crippen LogP contribution in [0.2, 0.25) is 0 Å². The van der Waals surface area contributed by atoms with Gasteiger partial charge in [-0.05, 0) is 68.9 Å². The first-order valence-corrected chi connectivity index (χ1v) is 13.3. The van der Waals surface area contributed by atoms with E-state index in [-0.39, 0.29) is 21.7 Å². The van der Waals surface area contributed by atoms with Crippen molar-refractivity contribution in [3.8, 4) is 0 Å². The van der Waals surface area contributed by atoms with Gasteiger partial charge in [0, 0.05) is 27.2 Å². The van der Waals surface area contributed by atoms with E-state index in [1.54, 1.807) is 0 Å². The standard InChI is InChI=1S/C21H20F6N2S.C3H8.C2H6/c1-30-19-15(21(25,26)27)5-7-17-18(19)14-11-12(20(22,23)24)4-6-16(14)29(17)13-3-2-9-28-10-8-13;1-3-2;1-2/h4-7,11,13,28H,2-3,8-10H2,1H3;3H2,1-2H3;1-2H3. The Bertz CT molecular complexity index is 1090.